The van der Waals surface area contributed by atoms with Crippen LogP contribution in [0.15, 0.2) is 12.1 Å². The van der Waals surface area contributed by atoms with E-state index in [2.05, 4.69) is 31.1 Å². The van der Waals surface area contributed by atoms with Crippen molar-refractivity contribution in [1.29, 1.82) is 0 Å². The lowest BCUT2D eigenvalue weighted by Gasteiger charge is -2.23. The Morgan fingerprint density at radius 3 is 2.86 bits per heavy atom. The molecule has 5 heteroatoms. The van der Waals surface area contributed by atoms with Gasteiger partial charge >= 0.3 is 0 Å². The van der Waals surface area contributed by atoms with Crippen LogP contribution in [0.4, 0.5) is 0 Å². The minimum absolute atomic E-state index is 0.562. The summed E-state index contributed by atoms with van der Waals surface area (Å²) in [5.41, 5.74) is 1.12. The smallest absolute Gasteiger partial charge is 0.179 e. The first-order chi connectivity index (χ1) is 10.1. The van der Waals surface area contributed by atoms with Crippen molar-refractivity contribution in [3.05, 3.63) is 22.7 Å². The molecule has 1 aromatic carbocycles. The van der Waals surface area contributed by atoms with Gasteiger partial charge in [0.05, 0.1) is 5.02 Å². The topological polar surface area (TPSA) is 33.7 Å². The largest absolute Gasteiger partial charge is 0.486 e. The molecule has 0 amide bonds. The van der Waals surface area contributed by atoms with Crippen molar-refractivity contribution >= 4 is 11.6 Å². The van der Waals surface area contributed by atoms with Crippen LogP contribution in [0.25, 0.3) is 0 Å². The molecule has 4 nitrogen and oxygen atoms in total. The van der Waals surface area contributed by atoms with Gasteiger partial charge in [-0.15, -0.1) is 0 Å². The fourth-order valence-corrected chi connectivity index (χ4v) is 2.57. The molecule has 0 aromatic heterocycles. The van der Waals surface area contributed by atoms with E-state index in [-0.39, 0.29) is 0 Å². The lowest BCUT2D eigenvalue weighted by atomic mass is 10.2. The summed E-state index contributed by atoms with van der Waals surface area (Å²) >= 11 is 6.23. The predicted molar refractivity (Wildman–Crippen MR) is 86.5 cm³/mol. The van der Waals surface area contributed by atoms with Gasteiger partial charge in [-0.3, -0.25) is 0 Å². The van der Waals surface area contributed by atoms with Crippen LogP contribution >= 0.6 is 11.6 Å². The predicted octanol–water partition coefficient (Wildman–Crippen LogP) is 2.93. The van der Waals surface area contributed by atoms with Gasteiger partial charge in [0.1, 0.15) is 13.2 Å². The van der Waals surface area contributed by atoms with Crippen LogP contribution in [0.3, 0.4) is 0 Å². The zero-order valence-electron chi connectivity index (χ0n) is 13.1. The molecule has 2 rings (SSSR count). The summed E-state index contributed by atoms with van der Waals surface area (Å²) < 4.78 is 11.1. The Morgan fingerprint density at radius 1 is 1.33 bits per heavy atom. The number of hydrogen-bond acceptors (Lipinski definition) is 4. The van der Waals surface area contributed by atoms with Crippen molar-refractivity contribution in [3.8, 4) is 11.5 Å². The summed E-state index contributed by atoms with van der Waals surface area (Å²) in [6.07, 6.45) is 1.17. The average Bonchev–Trinajstić information content (AvgIpc) is 2.50. The third-order valence-corrected chi connectivity index (χ3v) is 4.25. The first kappa shape index (κ1) is 16.4. The third kappa shape index (κ3) is 4.50. The molecule has 1 aliphatic rings. The zero-order valence-corrected chi connectivity index (χ0v) is 13.9. The van der Waals surface area contributed by atoms with Crippen molar-refractivity contribution < 1.29 is 9.47 Å². The maximum absolute atomic E-state index is 6.23. The van der Waals surface area contributed by atoms with Crippen molar-refractivity contribution in [2.45, 2.75) is 32.9 Å². The molecule has 0 radical (unpaired) electrons. The van der Waals surface area contributed by atoms with Crippen LogP contribution in [0.1, 0.15) is 25.8 Å². The highest BCUT2D eigenvalue weighted by atomic mass is 35.5. The van der Waals surface area contributed by atoms with Crippen LogP contribution in [0, 0.1) is 0 Å². The van der Waals surface area contributed by atoms with Crippen molar-refractivity contribution in [2.75, 3.05) is 33.4 Å². The van der Waals surface area contributed by atoms with Crippen LogP contribution in [-0.4, -0.2) is 44.3 Å². The minimum atomic E-state index is 0.562. The highest BCUT2D eigenvalue weighted by Gasteiger charge is 2.16. The number of likely N-dealkylation sites (N-methyl/N-ethyl adjacent to an activating group) is 1. The van der Waals surface area contributed by atoms with E-state index < -0.39 is 0 Å². The van der Waals surface area contributed by atoms with Crippen LogP contribution < -0.4 is 14.8 Å². The number of hydrogen-bond donors (Lipinski definition) is 1. The Bertz CT molecular complexity index is 468. The van der Waals surface area contributed by atoms with Gasteiger partial charge < -0.3 is 19.7 Å². The molecule has 0 fully saturated rings. The van der Waals surface area contributed by atoms with Crippen LogP contribution in [0.5, 0.6) is 11.5 Å². The van der Waals surface area contributed by atoms with E-state index in [9.17, 15) is 0 Å². The van der Waals surface area contributed by atoms with Gasteiger partial charge in [-0.05, 0) is 38.1 Å². The molecular weight excluding hydrogens is 288 g/mol. The number of nitrogens with one attached hydrogen (secondary N) is 1. The normalized spacial score (nSPS) is 15.3. The number of nitrogens with zero attached hydrogens (tertiary/aromatic N) is 1. The number of halogens is 1. The van der Waals surface area contributed by atoms with Crippen molar-refractivity contribution in [2.24, 2.45) is 0 Å². The van der Waals surface area contributed by atoms with Crippen molar-refractivity contribution in [1.82, 2.24) is 10.2 Å². The molecule has 0 aliphatic carbocycles. The molecule has 1 atom stereocenters. The quantitative estimate of drug-likeness (QED) is 0.785. The Morgan fingerprint density at radius 2 is 2.10 bits per heavy atom. The number of rotatable bonds is 7. The Hall–Kier alpha value is -0.970. The summed E-state index contributed by atoms with van der Waals surface area (Å²) in [6, 6.07) is 4.57. The highest BCUT2D eigenvalue weighted by Crippen LogP contribution is 2.38. The maximum atomic E-state index is 6.23. The Balaban J connectivity index is 1.82. The summed E-state index contributed by atoms with van der Waals surface area (Å²) in [5.74, 6) is 1.42. The summed E-state index contributed by atoms with van der Waals surface area (Å²) in [4.78, 5) is 2.36. The summed E-state index contributed by atoms with van der Waals surface area (Å²) in [7, 11) is 2.16. The Labute approximate surface area is 132 Å². The van der Waals surface area contributed by atoms with Gasteiger partial charge in [0.2, 0.25) is 0 Å². The van der Waals surface area contributed by atoms with E-state index in [0.717, 1.165) is 30.9 Å². The minimum Gasteiger partial charge on any atom is -0.486 e. The zero-order chi connectivity index (χ0) is 15.2. The summed E-state index contributed by atoms with van der Waals surface area (Å²) in [5, 5.41) is 4.07. The lowest BCUT2D eigenvalue weighted by molar-refractivity contribution is 0.171. The molecule has 0 bridgehead atoms. The van der Waals surface area contributed by atoms with E-state index in [4.69, 9.17) is 21.1 Å². The molecule has 0 saturated carbocycles. The van der Waals surface area contributed by atoms with E-state index in [1.807, 2.05) is 12.1 Å². The molecule has 1 aromatic rings. The molecule has 0 saturated heterocycles. The third-order valence-electron chi connectivity index (χ3n) is 3.97. The molecule has 118 valence electrons. The second kappa shape index (κ2) is 7.87. The molecular formula is C16H25ClN2O2. The molecule has 1 N–H and O–H groups in total. The molecule has 1 aliphatic heterocycles. The number of ether oxygens (including phenoxy) is 2. The van der Waals surface area contributed by atoms with E-state index in [1.54, 1.807) is 0 Å². The van der Waals surface area contributed by atoms with Crippen LogP contribution in [-0.2, 0) is 6.54 Å². The average molecular weight is 313 g/mol. The first-order valence-corrected chi connectivity index (χ1v) is 7.98. The molecule has 0 spiro atoms. The van der Waals surface area contributed by atoms with E-state index in [1.165, 1.54) is 6.42 Å². The number of fused-ring (bicyclic) bond motifs is 1. The SMILES string of the molecule is CCC(C)N(C)CCNCc1cc(Cl)c2c(c1)OCCO2. The van der Waals surface area contributed by atoms with Gasteiger partial charge in [0.15, 0.2) is 11.5 Å². The van der Waals surface area contributed by atoms with Gasteiger partial charge in [-0.2, -0.15) is 0 Å². The molecule has 1 unspecified atom stereocenters. The lowest BCUT2D eigenvalue weighted by Crippen LogP contribution is -2.34. The first-order valence-electron chi connectivity index (χ1n) is 7.60. The standard InChI is InChI=1S/C16H25ClN2O2/c1-4-12(2)19(3)6-5-18-11-13-9-14(17)16-15(10-13)20-7-8-21-16/h9-10,12,18H,4-8,11H2,1-3H3. The summed E-state index contributed by atoms with van der Waals surface area (Å²) in [6.45, 7) is 8.38. The monoisotopic (exact) mass is 312 g/mol. The fourth-order valence-electron chi connectivity index (χ4n) is 2.29. The maximum Gasteiger partial charge on any atom is 0.179 e. The van der Waals surface area contributed by atoms with Gasteiger partial charge in [-0.1, -0.05) is 18.5 Å². The van der Waals surface area contributed by atoms with Gasteiger partial charge in [0, 0.05) is 25.7 Å². The second-order valence-corrected chi connectivity index (χ2v) is 5.92. The van der Waals surface area contributed by atoms with Gasteiger partial charge in [0.25, 0.3) is 0 Å². The van der Waals surface area contributed by atoms with Crippen molar-refractivity contribution in [3.63, 3.8) is 0 Å². The molecule has 21 heavy (non-hydrogen) atoms. The molecule has 1 heterocycles. The second-order valence-electron chi connectivity index (χ2n) is 5.52. The Kier molecular flexibility index (Phi) is 6.15. The number of benzene rings is 1. The van der Waals surface area contributed by atoms with E-state index in [0.29, 0.717) is 30.0 Å². The fraction of sp³-hybridized carbons (Fsp3) is 0.625. The highest BCUT2D eigenvalue weighted by molar-refractivity contribution is 6.32. The van der Waals surface area contributed by atoms with Crippen LogP contribution in [0.2, 0.25) is 5.02 Å². The van der Waals surface area contributed by atoms with E-state index >= 15 is 0 Å². The van der Waals surface area contributed by atoms with Gasteiger partial charge in [-0.25, -0.2) is 0 Å².